The Kier molecular flexibility index (Phi) is 3.50. The van der Waals surface area contributed by atoms with Crippen LogP contribution in [0.4, 0.5) is 0 Å². The Labute approximate surface area is 109 Å². The number of benzene rings is 1. The molecule has 2 aromatic rings. The Bertz CT molecular complexity index is 537. The molecule has 0 atom stereocenters. The van der Waals surface area contributed by atoms with E-state index in [-0.39, 0.29) is 0 Å². The molecule has 0 amide bonds. The molecule has 0 aliphatic heterocycles. The van der Waals surface area contributed by atoms with Gasteiger partial charge in [-0.05, 0) is 31.0 Å². The maximum Gasteiger partial charge on any atom is 0.0760 e. The largest absolute Gasteiger partial charge is 0.252 e. The lowest BCUT2D eigenvalue weighted by atomic mass is 10.1. The predicted octanol–water partition coefficient (Wildman–Crippen LogP) is 4.91. The molecule has 0 saturated carbocycles. The van der Waals surface area contributed by atoms with Gasteiger partial charge in [-0.15, -0.1) is 0 Å². The van der Waals surface area contributed by atoms with E-state index in [4.69, 9.17) is 11.6 Å². The van der Waals surface area contributed by atoms with E-state index in [0.717, 1.165) is 44.5 Å². The van der Waals surface area contributed by atoms with Crippen LogP contribution in [0.1, 0.15) is 24.6 Å². The predicted molar refractivity (Wildman–Crippen MR) is 73.2 cm³/mol. The van der Waals surface area contributed by atoms with Gasteiger partial charge in [0.25, 0.3) is 0 Å². The zero-order valence-corrected chi connectivity index (χ0v) is 11.7. The zero-order chi connectivity index (χ0) is 11.7. The van der Waals surface area contributed by atoms with Gasteiger partial charge in [0.15, 0.2) is 0 Å². The summed E-state index contributed by atoms with van der Waals surface area (Å²) in [4.78, 5) is 4.67. The van der Waals surface area contributed by atoms with Crippen molar-refractivity contribution in [2.45, 2.75) is 26.7 Å². The van der Waals surface area contributed by atoms with E-state index in [0.29, 0.717) is 0 Å². The fourth-order valence-corrected chi connectivity index (χ4v) is 2.79. The highest BCUT2D eigenvalue weighted by Crippen LogP contribution is 2.32. The molecule has 16 heavy (non-hydrogen) atoms. The van der Waals surface area contributed by atoms with Crippen molar-refractivity contribution < 1.29 is 0 Å². The second kappa shape index (κ2) is 4.72. The molecular formula is C13H13BrClN. The molecule has 1 nitrogen and oxygen atoms in total. The van der Waals surface area contributed by atoms with Gasteiger partial charge in [0.1, 0.15) is 0 Å². The summed E-state index contributed by atoms with van der Waals surface area (Å²) in [6.07, 6.45) is 2.06. The number of aromatic nitrogens is 1. The third kappa shape index (κ3) is 2.09. The van der Waals surface area contributed by atoms with Crippen molar-refractivity contribution in [2.75, 3.05) is 0 Å². The first-order valence-corrected chi connectivity index (χ1v) is 6.54. The van der Waals surface area contributed by atoms with Crippen molar-refractivity contribution in [3.05, 3.63) is 39.0 Å². The Morgan fingerprint density at radius 3 is 2.81 bits per heavy atom. The van der Waals surface area contributed by atoms with E-state index in [9.17, 15) is 0 Å². The average Bonchev–Trinajstić information content (AvgIpc) is 2.23. The molecule has 1 aromatic carbocycles. The minimum absolute atomic E-state index is 0.782. The number of halogens is 2. The van der Waals surface area contributed by atoms with Crippen molar-refractivity contribution in [3.63, 3.8) is 0 Å². The van der Waals surface area contributed by atoms with E-state index >= 15 is 0 Å². The maximum atomic E-state index is 6.31. The van der Waals surface area contributed by atoms with Crippen molar-refractivity contribution in [3.8, 4) is 0 Å². The van der Waals surface area contributed by atoms with E-state index < -0.39 is 0 Å². The van der Waals surface area contributed by atoms with Gasteiger partial charge in [-0.25, -0.2) is 0 Å². The van der Waals surface area contributed by atoms with Crippen molar-refractivity contribution in [1.29, 1.82) is 0 Å². The summed E-state index contributed by atoms with van der Waals surface area (Å²) in [5, 5.41) is 1.80. The first-order valence-electron chi connectivity index (χ1n) is 5.37. The first-order chi connectivity index (χ1) is 7.63. The molecule has 0 bridgehead atoms. The van der Waals surface area contributed by atoms with Crippen LogP contribution in [0.15, 0.2) is 22.7 Å². The van der Waals surface area contributed by atoms with Crippen LogP contribution in [-0.2, 0) is 6.42 Å². The summed E-state index contributed by atoms with van der Waals surface area (Å²) < 4.78 is 1.01. The Morgan fingerprint density at radius 2 is 2.12 bits per heavy atom. The van der Waals surface area contributed by atoms with Gasteiger partial charge in [0.2, 0.25) is 0 Å². The summed E-state index contributed by atoms with van der Waals surface area (Å²) in [6.45, 7) is 4.21. The van der Waals surface area contributed by atoms with Crippen molar-refractivity contribution in [2.24, 2.45) is 0 Å². The van der Waals surface area contributed by atoms with Crippen LogP contribution < -0.4 is 0 Å². The standard InChI is InChI=1S/C13H13BrClN/c1-3-4-9-7-11(15)12-10(14)6-5-8(2)13(12)16-9/h5-7H,3-4H2,1-2H3. The summed E-state index contributed by atoms with van der Waals surface area (Å²) in [7, 11) is 0. The zero-order valence-electron chi connectivity index (χ0n) is 9.35. The molecule has 0 aliphatic rings. The average molecular weight is 299 g/mol. The highest BCUT2D eigenvalue weighted by molar-refractivity contribution is 9.10. The van der Waals surface area contributed by atoms with Gasteiger partial charge >= 0.3 is 0 Å². The summed E-state index contributed by atoms with van der Waals surface area (Å²) in [5.74, 6) is 0. The summed E-state index contributed by atoms with van der Waals surface area (Å²) >= 11 is 9.83. The Hall–Kier alpha value is -0.600. The number of hydrogen-bond donors (Lipinski definition) is 0. The second-order valence-electron chi connectivity index (χ2n) is 3.93. The highest BCUT2D eigenvalue weighted by Gasteiger charge is 2.09. The third-order valence-electron chi connectivity index (χ3n) is 2.62. The number of aryl methyl sites for hydroxylation is 2. The molecular weight excluding hydrogens is 286 g/mol. The number of pyridine rings is 1. The van der Waals surface area contributed by atoms with E-state index in [1.54, 1.807) is 0 Å². The molecule has 0 fully saturated rings. The minimum atomic E-state index is 0.782. The molecule has 0 radical (unpaired) electrons. The molecule has 0 N–H and O–H groups in total. The smallest absolute Gasteiger partial charge is 0.0760 e. The number of hydrogen-bond acceptors (Lipinski definition) is 1. The molecule has 1 aromatic heterocycles. The van der Waals surface area contributed by atoms with Crippen LogP contribution in [0.5, 0.6) is 0 Å². The minimum Gasteiger partial charge on any atom is -0.252 e. The summed E-state index contributed by atoms with van der Waals surface area (Å²) in [6, 6.07) is 6.05. The molecule has 0 unspecified atom stereocenters. The number of fused-ring (bicyclic) bond motifs is 1. The molecule has 3 heteroatoms. The van der Waals surface area contributed by atoms with Crippen LogP contribution in [0.3, 0.4) is 0 Å². The number of nitrogens with zero attached hydrogens (tertiary/aromatic N) is 1. The van der Waals surface area contributed by atoms with Gasteiger partial charge in [-0.1, -0.05) is 46.9 Å². The topological polar surface area (TPSA) is 12.9 Å². The molecule has 2 rings (SSSR count). The fraction of sp³-hybridized carbons (Fsp3) is 0.308. The van der Waals surface area contributed by atoms with Crippen molar-refractivity contribution in [1.82, 2.24) is 4.98 Å². The highest BCUT2D eigenvalue weighted by atomic mass is 79.9. The molecule has 1 heterocycles. The van der Waals surface area contributed by atoms with Gasteiger partial charge in [0, 0.05) is 15.6 Å². The van der Waals surface area contributed by atoms with Crippen LogP contribution >= 0.6 is 27.5 Å². The van der Waals surface area contributed by atoms with E-state index in [1.807, 2.05) is 12.1 Å². The van der Waals surface area contributed by atoms with E-state index in [1.165, 1.54) is 0 Å². The maximum absolute atomic E-state index is 6.31. The first kappa shape index (κ1) is 11.9. The Balaban J connectivity index is 2.76. The van der Waals surface area contributed by atoms with Crippen molar-refractivity contribution >= 4 is 38.4 Å². The lowest BCUT2D eigenvalue weighted by molar-refractivity contribution is 0.889. The molecule has 0 spiro atoms. The van der Waals surface area contributed by atoms with Gasteiger partial charge in [0.05, 0.1) is 10.5 Å². The molecule has 84 valence electrons. The monoisotopic (exact) mass is 297 g/mol. The van der Waals surface area contributed by atoms with Gasteiger partial charge in [-0.3, -0.25) is 4.98 Å². The fourth-order valence-electron chi connectivity index (χ4n) is 1.82. The van der Waals surface area contributed by atoms with Gasteiger partial charge < -0.3 is 0 Å². The quantitative estimate of drug-likeness (QED) is 0.767. The van der Waals surface area contributed by atoms with E-state index in [2.05, 4.69) is 40.8 Å². The van der Waals surface area contributed by atoms with Crippen LogP contribution in [0, 0.1) is 6.92 Å². The number of rotatable bonds is 2. The molecule has 0 saturated heterocycles. The van der Waals surface area contributed by atoms with Gasteiger partial charge in [-0.2, -0.15) is 0 Å². The van der Waals surface area contributed by atoms with Crippen LogP contribution in [-0.4, -0.2) is 4.98 Å². The van der Waals surface area contributed by atoms with Crippen LogP contribution in [0.2, 0.25) is 5.02 Å². The third-order valence-corrected chi connectivity index (χ3v) is 3.58. The lowest BCUT2D eigenvalue weighted by Crippen LogP contribution is -1.93. The lowest BCUT2D eigenvalue weighted by Gasteiger charge is -2.08. The molecule has 0 aliphatic carbocycles. The van der Waals surface area contributed by atoms with Crippen LogP contribution in [0.25, 0.3) is 10.9 Å². The second-order valence-corrected chi connectivity index (χ2v) is 5.19. The Morgan fingerprint density at radius 1 is 1.38 bits per heavy atom. The normalized spacial score (nSPS) is 11.0. The SMILES string of the molecule is CCCc1cc(Cl)c2c(Br)ccc(C)c2n1. The summed E-state index contributed by atoms with van der Waals surface area (Å²) in [5.41, 5.74) is 3.24.